The predicted molar refractivity (Wildman–Crippen MR) is 65.3 cm³/mol. The van der Waals surface area contributed by atoms with Crippen LogP contribution in [0.25, 0.3) is 0 Å². The van der Waals surface area contributed by atoms with Crippen LogP contribution in [0.15, 0.2) is 0 Å². The molecule has 18 heavy (non-hydrogen) atoms. The fraction of sp³-hybridized carbons (Fsp3) is 0.700. The highest BCUT2D eigenvalue weighted by Gasteiger charge is 2.18. The van der Waals surface area contributed by atoms with E-state index in [1.165, 1.54) is 14.1 Å². The Bertz CT molecular complexity index is 296. The Labute approximate surface area is 106 Å². The summed E-state index contributed by atoms with van der Waals surface area (Å²) in [5.74, 6) is -1.07. The van der Waals surface area contributed by atoms with Crippen molar-refractivity contribution in [2.75, 3.05) is 20.6 Å². The second-order valence-electron chi connectivity index (χ2n) is 3.62. The molecule has 0 aliphatic rings. The van der Waals surface area contributed by atoms with Gasteiger partial charge in [0.1, 0.15) is 6.04 Å². The normalized spacial score (nSPS) is 11.2. The summed E-state index contributed by atoms with van der Waals surface area (Å²) in [5, 5.41) is 18.5. The van der Waals surface area contributed by atoms with Gasteiger partial charge in [-0.2, -0.15) is 0 Å². The number of rotatable bonds is 7. The van der Waals surface area contributed by atoms with Crippen LogP contribution in [0.3, 0.4) is 0 Å². The SMILES string of the molecule is CNC(=O)NCCCCC(NC(=O)NC)C(=O)O. The number of hydrogen-bond donors (Lipinski definition) is 5. The fourth-order valence-electron chi connectivity index (χ4n) is 1.25. The summed E-state index contributed by atoms with van der Waals surface area (Å²) in [6.07, 6.45) is 1.55. The minimum atomic E-state index is -1.07. The van der Waals surface area contributed by atoms with Crippen molar-refractivity contribution in [3.8, 4) is 0 Å². The predicted octanol–water partition coefficient (Wildman–Crippen LogP) is -0.532. The number of carboxylic acids is 1. The van der Waals surface area contributed by atoms with E-state index in [9.17, 15) is 14.4 Å². The van der Waals surface area contributed by atoms with E-state index in [1.807, 2.05) is 0 Å². The van der Waals surface area contributed by atoms with Gasteiger partial charge in [0.15, 0.2) is 0 Å². The molecule has 0 bridgehead atoms. The monoisotopic (exact) mass is 260 g/mol. The minimum Gasteiger partial charge on any atom is -0.480 e. The molecule has 0 aromatic heterocycles. The lowest BCUT2D eigenvalue weighted by Gasteiger charge is -2.13. The molecular formula is C10H20N4O4. The molecule has 0 saturated heterocycles. The molecule has 0 heterocycles. The third kappa shape index (κ3) is 7.31. The Balaban J connectivity index is 3.81. The summed E-state index contributed by atoms with van der Waals surface area (Å²) in [4.78, 5) is 32.7. The van der Waals surface area contributed by atoms with Crippen molar-refractivity contribution in [3.05, 3.63) is 0 Å². The molecule has 0 spiro atoms. The van der Waals surface area contributed by atoms with Crippen molar-refractivity contribution in [3.63, 3.8) is 0 Å². The second kappa shape index (κ2) is 9.08. The van der Waals surface area contributed by atoms with E-state index in [2.05, 4.69) is 21.3 Å². The van der Waals surface area contributed by atoms with Crippen LogP contribution in [0.2, 0.25) is 0 Å². The van der Waals surface area contributed by atoms with Crippen molar-refractivity contribution in [2.45, 2.75) is 25.3 Å². The summed E-state index contributed by atoms with van der Waals surface area (Å²) in [6, 6.07) is -1.70. The maximum atomic E-state index is 11.0. The number of urea groups is 2. The molecule has 104 valence electrons. The first-order valence-electron chi connectivity index (χ1n) is 5.68. The Hall–Kier alpha value is -1.99. The van der Waals surface area contributed by atoms with Gasteiger partial charge in [0, 0.05) is 20.6 Å². The van der Waals surface area contributed by atoms with Gasteiger partial charge < -0.3 is 26.4 Å². The Kier molecular flexibility index (Phi) is 8.08. The van der Waals surface area contributed by atoms with Crippen molar-refractivity contribution in [1.29, 1.82) is 0 Å². The zero-order valence-corrected chi connectivity index (χ0v) is 10.6. The molecule has 1 unspecified atom stereocenters. The molecular weight excluding hydrogens is 240 g/mol. The summed E-state index contributed by atoms with van der Waals surface area (Å²) >= 11 is 0. The number of aliphatic carboxylic acids is 1. The van der Waals surface area contributed by atoms with Gasteiger partial charge in [0.05, 0.1) is 0 Å². The first kappa shape index (κ1) is 16.0. The quantitative estimate of drug-likeness (QED) is 0.395. The first-order chi connectivity index (χ1) is 8.51. The van der Waals surface area contributed by atoms with Gasteiger partial charge in [0.25, 0.3) is 0 Å². The summed E-state index contributed by atoms with van der Waals surface area (Å²) in [5.41, 5.74) is 0. The van der Waals surface area contributed by atoms with Crippen molar-refractivity contribution in [1.82, 2.24) is 21.3 Å². The topological polar surface area (TPSA) is 120 Å². The van der Waals surface area contributed by atoms with Crippen molar-refractivity contribution in [2.24, 2.45) is 0 Å². The van der Waals surface area contributed by atoms with Gasteiger partial charge in [-0.15, -0.1) is 0 Å². The summed E-state index contributed by atoms with van der Waals surface area (Å²) < 4.78 is 0. The van der Waals surface area contributed by atoms with Gasteiger partial charge in [-0.25, -0.2) is 14.4 Å². The van der Waals surface area contributed by atoms with Gasteiger partial charge >= 0.3 is 18.0 Å². The zero-order valence-electron chi connectivity index (χ0n) is 10.6. The molecule has 0 saturated carbocycles. The minimum absolute atomic E-state index is 0.270. The number of unbranched alkanes of at least 4 members (excludes halogenated alkanes) is 1. The van der Waals surface area contributed by atoms with Crippen LogP contribution in [0.1, 0.15) is 19.3 Å². The highest BCUT2D eigenvalue weighted by molar-refractivity contribution is 5.82. The maximum absolute atomic E-state index is 11.0. The zero-order chi connectivity index (χ0) is 14.0. The average molecular weight is 260 g/mol. The Morgan fingerprint density at radius 2 is 1.67 bits per heavy atom. The van der Waals surface area contributed by atoms with E-state index in [0.717, 1.165) is 0 Å². The molecule has 0 rings (SSSR count). The lowest BCUT2D eigenvalue weighted by Crippen LogP contribution is -2.44. The maximum Gasteiger partial charge on any atom is 0.326 e. The van der Waals surface area contributed by atoms with Gasteiger partial charge in [-0.1, -0.05) is 0 Å². The molecule has 0 aromatic rings. The first-order valence-corrected chi connectivity index (χ1v) is 5.68. The average Bonchev–Trinajstić information content (AvgIpc) is 2.35. The van der Waals surface area contributed by atoms with Crippen LogP contribution in [-0.4, -0.2) is 49.8 Å². The van der Waals surface area contributed by atoms with E-state index >= 15 is 0 Å². The third-order valence-corrected chi connectivity index (χ3v) is 2.26. The van der Waals surface area contributed by atoms with Crippen LogP contribution in [0, 0.1) is 0 Å². The molecule has 0 aliphatic carbocycles. The number of hydrogen-bond acceptors (Lipinski definition) is 3. The van der Waals surface area contributed by atoms with Crippen LogP contribution >= 0.6 is 0 Å². The number of carbonyl (C=O) groups is 3. The Morgan fingerprint density at radius 3 is 2.17 bits per heavy atom. The highest BCUT2D eigenvalue weighted by Crippen LogP contribution is 2.01. The molecule has 0 aliphatic heterocycles. The van der Waals surface area contributed by atoms with Crippen LogP contribution < -0.4 is 21.3 Å². The molecule has 0 aromatic carbocycles. The largest absolute Gasteiger partial charge is 0.480 e. The number of amides is 4. The lowest BCUT2D eigenvalue weighted by atomic mass is 10.1. The van der Waals surface area contributed by atoms with E-state index in [4.69, 9.17) is 5.11 Å². The van der Waals surface area contributed by atoms with E-state index in [-0.39, 0.29) is 6.03 Å². The molecule has 4 amide bonds. The standard InChI is InChI=1S/C10H20N4O4/c1-11-9(17)13-6-4-3-5-7(8(15)16)14-10(18)12-2/h7H,3-6H2,1-2H3,(H,15,16)(H2,11,13,17)(H2,12,14,18). The number of carbonyl (C=O) groups excluding carboxylic acids is 2. The van der Waals surface area contributed by atoms with Crippen LogP contribution in [-0.2, 0) is 4.79 Å². The van der Waals surface area contributed by atoms with E-state index in [0.29, 0.717) is 25.8 Å². The smallest absolute Gasteiger partial charge is 0.326 e. The summed E-state index contributed by atoms with van der Waals surface area (Å²) in [7, 11) is 2.94. The van der Waals surface area contributed by atoms with Crippen LogP contribution in [0.5, 0.6) is 0 Å². The third-order valence-electron chi connectivity index (χ3n) is 2.26. The number of nitrogens with one attached hydrogen (secondary N) is 4. The van der Waals surface area contributed by atoms with Crippen molar-refractivity contribution >= 4 is 18.0 Å². The molecule has 0 radical (unpaired) electrons. The van der Waals surface area contributed by atoms with Gasteiger partial charge in [-0.3, -0.25) is 0 Å². The highest BCUT2D eigenvalue weighted by atomic mass is 16.4. The van der Waals surface area contributed by atoms with E-state index in [1.54, 1.807) is 0 Å². The molecule has 0 fully saturated rings. The molecule has 1 atom stereocenters. The van der Waals surface area contributed by atoms with Gasteiger partial charge in [-0.05, 0) is 19.3 Å². The van der Waals surface area contributed by atoms with Gasteiger partial charge in [0.2, 0.25) is 0 Å². The number of carboxylic acid groups (broad SMARTS) is 1. The molecule has 8 nitrogen and oxygen atoms in total. The summed E-state index contributed by atoms with van der Waals surface area (Å²) in [6.45, 7) is 0.464. The molecule has 5 N–H and O–H groups in total. The fourth-order valence-corrected chi connectivity index (χ4v) is 1.25. The lowest BCUT2D eigenvalue weighted by molar-refractivity contribution is -0.139. The Morgan fingerprint density at radius 1 is 1.06 bits per heavy atom. The van der Waals surface area contributed by atoms with Crippen molar-refractivity contribution < 1.29 is 19.5 Å². The van der Waals surface area contributed by atoms with E-state index < -0.39 is 18.0 Å². The van der Waals surface area contributed by atoms with Crippen LogP contribution in [0.4, 0.5) is 9.59 Å². The molecule has 8 heteroatoms. The second-order valence-corrected chi connectivity index (χ2v) is 3.62.